The molecule has 0 radical (unpaired) electrons. The molecule has 5 rings (SSSR count). The van der Waals surface area contributed by atoms with Gasteiger partial charge >= 0.3 is 0 Å². The van der Waals surface area contributed by atoms with Gasteiger partial charge in [-0.3, -0.25) is 9.69 Å². The molecular formula is C26H20F2N4O4S. The zero-order valence-electron chi connectivity index (χ0n) is 20.0. The van der Waals surface area contributed by atoms with E-state index in [0.717, 1.165) is 12.3 Å². The molecule has 0 saturated carbocycles. The van der Waals surface area contributed by atoms with Crippen molar-refractivity contribution in [1.82, 2.24) is 9.38 Å². The Bertz CT molecular complexity index is 1760. The summed E-state index contributed by atoms with van der Waals surface area (Å²) in [5.74, 6) is -1.99. The Labute approximate surface area is 211 Å². The molecule has 2 aromatic heterocycles. The Morgan fingerprint density at radius 1 is 1.14 bits per heavy atom. The van der Waals surface area contributed by atoms with Crippen LogP contribution in [-0.2, 0) is 21.2 Å². The number of anilines is 1. The molecule has 0 unspecified atom stereocenters. The first kappa shape index (κ1) is 24.4. The van der Waals surface area contributed by atoms with Crippen LogP contribution in [0.15, 0.2) is 53.6 Å². The third kappa shape index (κ3) is 4.19. The average molecular weight is 523 g/mol. The highest BCUT2D eigenvalue weighted by molar-refractivity contribution is 7.90. The largest absolute Gasteiger partial charge is 0.476 e. The second kappa shape index (κ2) is 8.67. The van der Waals surface area contributed by atoms with Gasteiger partial charge in [0.05, 0.1) is 28.5 Å². The van der Waals surface area contributed by atoms with Crippen LogP contribution in [0.1, 0.15) is 23.9 Å². The monoisotopic (exact) mass is 522 g/mol. The predicted octanol–water partition coefficient (Wildman–Crippen LogP) is 4.18. The van der Waals surface area contributed by atoms with Crippen molar-refractivity contribution in [2.24, 2.45) is 0 Å². The number of halogens is 2. The second-order valence-electron chi connectivity index (χ2n) is 8.81. The van der Waals surface area contributed by atoms with Gasteiger partial charge in [0.15, 0.2) is 27.5 Å². The fourth-order valence-electron chi connectivity index (χ4n) is 4.35. The number of carbonyl (C=O) groups is 1. The Hall–Kier alpha value is -4.30. The van der Waals surface area contributed by atoms with Crippen molar-refractivity contribution >= 4 is 27.1 Å². The highest BCUT2D eigenvalue weighted by Crippen LogP contribution is 2.41. The van der Waals surface area contributed by atoms with E-state index in [1.165, 1.54) is 40.6 Å². The lowest BCUT2D eigenvalue weighted by Gasteiger charge is -2.33. The average Bonchev–Trinajstić information content (AvgIpc) is 3.14. The predicted molar refractivity (Wildman–Crippen MR) is 131 cm³/mol. The molecule has 0 spiro atoms. The molecule has 3 heterocycles. The molecule has 0 saturated heterocycles. The number of hydrogen-bond acceptors (Lipinski definition) is 6. The van der Waals surface area contributed by atoms with Crippen LogP contribution in [0.4, 0.5) is 14.5 Å². The van der Waals surface area contributed by atoms with Crippen molar-refractivity contribution in [2.75, 3.05) is 11.2 Å². The molecule has 1 amide bonds. The van der Waals surface area contributed by atoms with Gasteiger partial charge < -0.3 is 9.14 Å². The van der Waals surface area contributed by atoms with Gasteiger partial charge in [-0.05, 0) is 49.2 Å². The number of fused-ring (bicyclic) bond motifs is 2. The summed E-state index contributed by atoms with van der Waals surface area (Å²) >= 11 is 0. The number of aromatic nitrogens is 2. The number of pyridine rings is 1. The van der Waals surface area contributed by atoms with Gasteiger partial charge in [-0.2, -0.15) is 5.26 Å². The summed E-state index contributed by atoms with van der Waals surface area (Å²) in [5, 5.41) is 9.26. The SMILES string of the molecule is Cc1nc2cc(F)c(C#N)cn2c1CN1C(=O)[C@@H](C)Oc2c(F)cc(-c3cccc(S(C)(=O)=O)c3)cc21. The first-order valence-corrected chi connectivity index (χ1v) is 13.1. The molecular weight excluding hydrogens is 502 g/mol. The Kier molecular flexibility index (Phi) is 5.72. The molecule has 1 aliphatic rings. The lowest BCUT2D eigenvalue weighted by molar-refractivity contribution is -0.125. The number of benzene rings is 2. The van der Waals surface area contributed by atoms with E-state index in [9.17, 15) is 22.9 Å². The van der Waals surface area contributed by atoms with Crippen molar-refractivity contribution in [1.29, 1.82) is 5.26 Å². The van der Waals surface area contributed by atoms with Gasteiger partial charge in [-0.25, -0.2) is 22.2 Å². The number of amides is 1. The Morgan fingerprint density at radius 2 is 1.89 bits per heavy atom. The third-order valence-corrected chi connectivity index (χ3v) is 7.37. The normalized spacial score (nSPS) is 15.4. The number of rotatable bonds is 4. The zero-order valence-corrected chi connectivity index (χ0v) is 20.8. The fraction of sp³-hybridized carbons (Fsp3) is 0.192. The summed E-state index contributed by atoms with van der Waals surface area (Å²) in [4.78, 5) is 19.0. The molecule has 37 heavy (non-hydrogen) atoms. The van der Waals surface area contributed by atoms with E-state index in [1.807, 2.05) is 0 Å². The summed E-state index contributed by atoms with van der Waals surface area (Å²) in [5.41, 5.74) is 2.02. The fourth-order valence-corrected chi connectivity index (χ4v) is 5.02. The lowest BCUT2D eigenvalue weighted by atomic mass is 10.0. The van der Waals surface area contributed by atoms with E-state index in [2.05, 4.69) is 4.98 Å². The van der Waals surface area contributed by atoms with Gasteiger partial charge in [0.1, 0.15) is 23.1 Å². The smallest absolute Gasteiger partial charge is 0.268 e. The van der Waals surface area contributed by atoms with Gasteiger partial charge in [0.25, 0.3) is 5.91 Å². The second-order valence-corrected chi connectivity index (χ2v) is 10.8. The maximum Gasteiger partial charge on any atom is 0.268 e. The number of carbonyl (C=O) groups excluding carboxylic acids is 1. The van der Waals surface area contributed by atoms with Crippen molar-refractivity contribution < 1.29 is 26.7 Å². The maximum atomic E-state index is 15.3. The molecule has 0 N–H and O–H groups in total. The van der Waals surface area contributed by atoms with Gasteiger partial charge in [-0.1, -0.05) is 12.1 Å². The minimum atomic E-state index is -3.50. The van der Waals surface area contributed by atoms with Crippen molar-refractivity contribution in [3.05, 3.63) is 77.2 Å². The standard InChI is InChI=1S/C26H20F2N4O4S/c1-14-23(31-12-18(11-29)20(27)10-24(31)30-14)13-32-22-9-17(8-21(28)25(22)36-15(2)26(32)33)16-5-4-6-19(7-16)37(3,34)35/h4-10,12,15H,13H2,1-3H3/t15-/m1/s1. The number of hydrogen-bond donors (Lipinski definition) is 0. The summed E-state index contributed by atoms with van der Waals surface area (Å²) in [6, 6.07) is 11.8. The van der Waals surface area contributed by atoms with E-state index >= 15 is 4.39 Å². The molecule has 2 aromatic carbocycles. The highest BCUT2D eigenvalue weighted by atomic mass is 32.2. The number of nitrogens with zero attached hydrogens (tertiary/aromatic N) is 4. The minimum Gasteiger partial charge on any atom is -0.476 e. The summed E-state index contributed by atoms with van der Waals surface area (Å²) in [7, 11) is -3.50. The molecule has 0 fully saturated rings. The number of ether oxygens (including phenoxy) is 1. The molecule has 11 heteroatoms. The van der Waals surface area contributed by atoms with Crippen molar-refractivity contribution in [3.8, 4) is 22.9 Å². The van der Waals surface area contributed by atoms with Crippen LogP contribution in [0, 0.1) is 29.9 Å². The first-order chi connectivity index (χ1) is 17.5. The van der Waals surface area contributed by atoms with E-state index in [4.69, 9.17) is 4.74 Å². The molecule has 188 valence electrons. The summed E-state index contributed by atoms with van der Waals surface area (Å²) < 4.78 is 60.6. The minimum absolute atomic E-state index is 0.0602. The number of nitriles is 1. The molecule has 0 aliphatic carbocycles. The molecule has 1 atom stereocenters. The molecule has 0 bridgehead atoms. The van der Waals surface area contributed by atoms with Crippen LogP contribution in [0.3, 0.4) is 0 Å². The lowest BCUT2D eigenvalue weighted by Crippen LogP contribution is -2.44. The molecule has 1 aliphatic heterocycles. The topological polar surface area (TPSA) is 105 Å². The number of imidazole rings is 1. The summed E-state index contributed by atoms with van der Waals surface area (Å²) in [6.45, 7) is 3.14. The van der Waals surface area contributed by atoms with Crippen molar-refractivity contribution in [2.45, 2.75) is 31.4 Å². The van der Waals surface area contributed by atoms with E-state index in [0.29, 0.717) is 22.5 Å². The van der Waals surface area contributed by atoms with Crippen LogP contribution >= 0.6 is 0 Å². The van der Waals surface area contributed by atoms with Crippen LogP contribution in [0.2, 0.25) is 0 Å². The van der Waals surface area contributed by atoms with E-state index < -0.39 is 33.5 Å². The number of aryl methyl sites for hydroxylation is 1. The van der Waals surface area contributed by atoms with Crippen molar-refractivity contribution in [3.63, 3.8) is 0 Å². The van der Waals surface area contributed by atoms with Crippen LogP contribution < -0.4 is 9.64 Å². The molecule has 4 aromatic rings. The van der Waals surface area contributed by atoms with Crippen LogP contribution in [0.25, 0.3) is 16.8 Å². The quantitative estimate of drug-likeness (QED) is 0.398. The van der Waals surface area contributed by atoms with Crippen LogP contribution in [-0.4, -0.2) is 36.1 Å². The molecule has 8 nitrogen and oxygen atoms in total. The van der Waals surface area contributed by atoms with Gasteiger partial charge in [0, 0.05) is 18.5 Å². The Balaban J connectivity index is 1.66. The third-order valence-electron chi connectivity index (χ3n) is 6.26. The van der Waals surface area contributed by atoms with Gasteiger partial charge in [-0.15, -0.1) is 0 Å². The van der Waals surface area contributed by atoms with Gasteiger partial charge in [0.2, 0.25) is 0 Å². The zero-order chi connectivity index (χ0) is 26.6. The number of sulfone groups is 1. The Morgan fingerprint density at radius 3 is 2.59 bits per heavy atom. The van der Waals surface area contributed by atoms with E-state index in [-0.39, 0.29) is 34.1 Å². The highest BCUT2D eigenvalue weighted by Gasteiger charge is 2.35. The van der Waals surface area contributed by atoms with Crippen LogP contribution in [0.5, 0.6) is 5.75 Å². The van der Waals surface area contributed by atoms with E-state index in [1.54, 1.807) is 31.2 Å². The summed E-state index contributed by atoms with van der Waals surface area (Å²) in [6.07, 6.45) is 1.41. The maximum absolute atomic E-state index is 15.3. The first-order valence-electron chi connectivity index (χ1n) is 11.2.